The second-order valence-electron chi connectivity index (χ2n) is 11.1. The molecule has 3 aromatic carbocycles. The largest absolute Gasteiger partial charge is 0.304 e. The van der Waals surface area contributed by atoms with Crippen LogP contribution in [0.4, 0.5) is 4.39 Å². The molecule has 5 heteroatoms. The Balaban J connectivity index is 1.14. The Morgan fingerprint density at radius 1 is 0.632 bits per heavy atom. The normalized spacial score (nSPS) is 19.1. The first-order valence-electron chi connectivity index (χ1n) is 14.4. The number of halogens is 1. The zero-order valence-electron chi connectivity index (χ0n) is 22.9. The highest BCUT2D eigenvalue weighted by atomic mass is 19.1. The van der Waals surface area contributed by atoms with Gasteiger partial charge in [0.05, 0.1) is 0 Å². The van der Waals surface area contributed by atoms with Crippen molar-refractivity contribution < 1.29 is 4.39 Å². The maximum Gasteiger partial charge on any atom is 0.123 e. The first kappa shape index (κ1) is 27.0. The SMILES string of the molecule is CN1CCN(C(CN2CCN(CCCC(c3ccccc3)c3ccccc3)CC2)c2ccc(F)cc2)CC1. The topological polar surface area (TPSA) is 13.0 Å². The lowest BCUT2D eigenvalue weighted by molar-refractivity contribution is 0.0635. The van der Waals surface area contributed by atoms with Crippen LogP contribution in [-0.4, -0.2) is 92.1 Å². The summed E-state index contributed by atoms with van der Waals surface area (Å²) in [4.78, 5) is 10.3. The van der Waals surface area contributed by atoms with Crippen LogP contribution in [0.25, 0.3) is 0 Å². The molecule has 0 aromatic heterocycles. The molecular weight excluding hydrogens is 471 g/mol. The molecule has 1 unspecified atom stereocenters. The highest BCUT2D eigenvalue weighted by Crippen LogP contribution is 2.29. The minimum atomic E-state index is -0.152. The summed E-state index contributed by atoms with van der Waals surface area (Å²) in [5, 5.41) is 0. The van der Waals surface area contributed by atoms with Crippen LogP contribution in [0.3, 0.4) is 0 Å². The molecule has 0 aliphatic carbocycles. The third-order valence-electron chi connectivity index (χ3n) is 8.50. The van der Waals surface area contributed by atoms with E-state index in [1.807, 2.05) is 12.1 Å². The van der Waals surface area contributed by atoms with E-state index in [4.69, 9.17) is 0 Å². The van der Waals surface area contributed by atoms with Crippen LogP contribution in [-0.2, 0) is 0 Å². The van der Waals surface area contributed by atoms with Crippen LogP contribution in [0.15, 0.2) is 84.9 Å². The second kappa shape index (κ2) is 13.5. The smallest absolute Gasteiger partial charge is 0.123 e. The Morgan fingerprint density at radius 3 is 1.76 bits per heavy atom. The van der Waals surface area contributed by atoms with Crippen molar-refractivity contribution in [2.24, 2.45) is 0 Å². The zero-order valence-corrected chi connectivity index (χ0v) is 22.9. The molecule has 0 saturated carbocycles. The molecular formula is C33H43FN4. The minimum absolute atomic E-state index is 0.152. The van der Waals surface area contributed by atoms with Crippen molar-refractivity contribution in [3.63, 3.8) is 0 Å². The maximum absolute atomic E-state index is 13.7. The first-order chi connectivity index (χ1) is 18.7. The molecule has 0 radical (unpaired) electrons. The van der Waals surface area contributed by atoms with Gasteiger partial charge >= 0.3 is 0 Å². The molecule has 0 N–H and O–H groups in total. The molecule has 202 valence electrons. The van der Waals surface area contributed by atoms with Crippen molar-refractivity contribution >= 4 is 0 Å². The van der Waals surface area contributed by atoms with Gasteiger partial charge in [0.15, 0.2) is 0 Å². The molecule has 2 aliphatic rings. The standard InChI is InChI=1S/C33H43FN4/c1-35-19-25-38(26-20-35)33(30-14-16-31(34)17-15-30)27-37-23-21-36(22-24-37)18-8-13-32(28-9-4-2-5-10-28)29-11-6-3-7-12-29/h2-7,9-12,14-17,32-33H,8,13,18-27H2,1H3. The van der Waals surface area contributed by atoms with E-state index < -0.39 is 0 Å². The fourth-order valence-electron chi connectivity index (χ4n) is 6.11. The first-order valence-corrected chi connectivity index (χ1v) is 14.4. The van der Waals surface area contributed by atoms with Crippen LogP contribution in [0.1, 0.15) is 41.5 Å². The van der Waals surface area contributed by atoms with E-state index in [9.17, 15) is 4.39 Å². The molecule has 0 amide bonds. The van der Waals surface area contributed by atoms with Gasteiger partial charge in [-0.15, -0.1) is 0 Å². The van der Waals surface area contributed by atoms with E-state index in [-0.39, 0.29) is 5.82 Å². The van der Waals surface area contributed by atoms with Gasteiger partial charge in [-0.05, 0) is 55.3 Å². The lowest BCUT2D eigenvalue weighted by Gasteiger charge is -2.42. The van der Waals surface area contributed by atoms with Gasteiger partial charge in [0.25, 0.3) is 0 Å². The second-order valence-corrected chi connectivity index (χ2v) is 11.1. The van der Waals surface area contributed by atoms with Crippen LogP contribution in [0.2, 0.25) is 0 Å². The molecule has 3 aromatic rings. The third kappa shape index (κ3) is 7.29. The highest BCUT2D eigenvalue weighted by molar-refractivity contribution is 5.32. The zero-order chi connectivity index (χ0) is 26.2. The Bertz CT molecular complexity index is 1040. The lowest BCUT2D eigenvalue weighted by Crippen LogP contribution is -2.52. The summed E-state index contributed by atoms with van der Waals surface area (Å²) in [7, 11) is 2.20. The number of likely N-dealkylation sites (N-methyl/N-ethyl adjacent to an activating group) is 1. The molecule has 2 saturated heterocycles. The quantitative estimate of drug-likeness (QED) is 0.362. The average molecular weight is 515 g/mol. The monoisotopic (exact) mass is 514 g/mol. The molecule has 2 fully saturated rings. The molecule has 38 heavy (non-hydrogen) atoms. The van der Waals surface area contributed by atoms with E-state index in [2.05, 4.69) is 87.3 Å². The Morgan fingerprint density at radius 2 is 1.18 bits per heavy atom. The van der Waals surface area contributed by atoms with Crippen molar-refractivity contribution in [2.45, 2.75) is 24.8 Å². The van der Waals surface area contributed by atoms with Gasteiger partial charge in [-0.2, -0.15) is 0 Å². The van der Waals surface area contributed by atoms with Crippen molar-refractivity contribution in [1.29, 1.82) is 0 Å². The van der Waals surface area contributed by atoms with E-state index in [0.717, 1.165) is 65.4 Å². The van der Waals surface area contributed by atoms with E-state index in [0.29, 0.717) is 12.0 Å². The molecule has 2 heterocycles. The van der Waals surface area contributed by atoms with Gasteiger partial charge < -0.3 is 9.80 Å². The number of benzene rings is 3. The highest BCUT2D eigenvalue weighted by Gasteiger charge is 2.27. The maximum atomic E-state index is 13.7. The molecule has 2 aliphatic heterocycles. The summed E-state index contributed by atoms with van der Waals surface area (Å²) < 4.78 is 13.7. The van der Waals surface area contributed by atoms with Gasteiger partial charge in [-0.1, -0.05) is 72.8 Å². The number of hydrogen-bond acceptors (Lipinski definition) is 4. The number of hydrogen-bond donors (Lipinski definition) is 0. The van der Waals surface area contributed by atoms with Crippen LogP contribution < -0.4 is 0 Å². The van der Waals surface area contributed by atoms with Crippen LogP contribution in [0.5, 0.6) is 0 Å². The third-order valence-corrected chi connectivity index (χ3v) is 8.50. The number of piperazine rings is 2. The van der Waals surface area contributed by atoms with E-state index in [1.54, 1.807) is 12.1 Å². The van der Waals surface area contributed by atoms with Crippen molar-refractivity contribution in [3.8, 4) is 0 Å². The summed E-state index contributed by atoms with van der Waals surface area (Å²) in [5.74, 6) is 0.306. The van der Waals surface area contributed by atoms with Gasteiger partial charge in [0, 0.05) is 70.9 Å². The summed E-state index contributed by atoms with van der Waals surface area (Å²) in [6.07, 6.45) is 2.37. The average Bonchev–Trinajstić information content (AvgIpc) is 2.97. The molecule has 0 bridgehead atoms. The van der Waals surface area contributed by atoms with E-state index >= 15 is 0 Å². The summed E-state index contributed by atoms with van der Waals surface area (Å²) in [6, 6.07) is 29.5. The van der Waals surface area contributed by atoms with Gasteiger partial charge in [0.2, 0.25) is 0 Å². The van der Waals surface area contributed by atoms with Gasteiger partial charge in [0.1, 0.15) is 5.82 Å². The van der Waals surface area contributed by atoms with E-state index in [1.165, 1.54) is 29.5 Å². The van der Waals surface area contributed by atoms with Crippen LogP contribution >= 0.6 is 0 Å². The summed E-state index contributed by atoms with van der Waals surface area (Å²) in [6.45, 7) is 11.0. The molecule has 5 rings (SSSR count). The molecule has 1 atom stereocenters. The summed E-state index contributed by atoms with van der Waals surface area (Å²) in [5.41, 5.74) is 4.07. The number of rotatable bonds is 10. The molecule has 0 spiro atoms. The summed E-state index contributed by atoms with van der Waals surface area (Å²) >= 11 is 0. The van der Waals surface area contributed by atoms with Crippen molar-refractivity contribution in [3.05, 3.63) is 107 Å². The number of nitrogens with zero attached hydrogens (tertiary/aromatic N) is 4. The van der Waals surface area contributed by atoms with Gasteiger partial charge in [-0.25, -0.2) is 4.39 Å². The fraction of sp³-hybridized carbons (Fsp3) is 0.455. The van der Waals surface area contributed by atoms with Crippen LogP contribution in [0, 0.1) is 5.82 Å². The Kier molecular flexibility index (Phi) is 9.58. The van der Waals surface area contributed by atoms with Crippen molar-refractivity contribution in [1.82, 2.24) is 19.6 Å². The fourth-order valence-corrected chi connectivity index (χ4v) is 6.11. The molecule has 4 nitrogen and oxygen atoms in total. The van der Waals surface area contributed by atoms with Gasteiger partial charge in [-0.3, -0.25) is 9.80 Å². The predicted molar refractivity (Wildman–Crippen MR) is 155 cm³/mol. The Hall–Kier alpha value is -2.57. The minimum Gasteiger partial charge on any atom is -0.304 e. The Labute approximate surface area is 228 Å². The van der Waals surface area contributed by atoms with Crippen molar-refractivity contribution in [2.75, 3.05) is 72.5 Å². The predicted octanol–water partition coefficient (Wildman–Crippen LogP) is 5.34. The lowest BCUT2D eigenvalue weighted by atomic mass is 9.87.